The first-order valence-electron chi connectivity index (χ1n) is 9.06. The van der Waals surface area contributed by atoms with Crippen molar-refractivity contribution >= 4 is 30.7 Å². The Morgan fingerprint density at radius 2 is 1.92 bits per heavy atom. The van der Waals surface area contributed by atoms with Crippen molar-refractivity contribution in [3.63, 3.8) is 0 Å². The third kappa shape index (κ3) is 6.71. The van der Waals surface area contributed by atoms with E-state index in [-0.39, 0.29) is 36.8 Å². The highest BCUT2D eigenvalue weighted by atomic mass is 35.5. The van der Waals surface area contributed by atoms with Crippen LogP contribution in [0.25, 0.3) is 0 Å². The number of likely N-dealkylation sites (tertiary alicyclic amines) is 1. The zero-order valence-corrected chi connectivity index (χ0v) is 17.1. The standard InChI is InChI=1S/C19H29N3O2.2ClH/c1-21(19(23)13-18-14-20-9-12-24-18)17-7-10-22(11-8-17)15-16-5-3-2-4-6-16;;/h2-6,17-18,20H,7-15H2,1H3;2*1H. The van der Waals surface area contributed by atoms with Crippen molar-refractivity contribution in [2.45, 2.75) is 38.0 Å². The third-order valence-corrected chi connectivity index (χ3v) is 5.15. The number of carbonyl (C=O) groups is 1. The number of amides is 1. The summed E-state index contributed by atoms with van der Waals surface area (Å²) in [6, 6.07) is 11.0. The molecule has 1 unspecified atom stereocenters. The molecule has 0 aromatic heterocycles. The molecule has 148 valence electrons. The summed E-state index contributed by atoms with van der Waals surface area (Å²) in [5.74, 6) is 0.213. The molecular weight excluding hydrogens is 373 g/mol. The molecule has 0 aliphatic carbocycles. The zero-order valence-electron chi connectivity index (χ0n) is 15.4. The second-order valence-electron chi connectivity index (χ2n) is 6.90. The largest absolute Gasteiger partial charge is 0.375 e. The Labute approximate surface area is 169 Å². The van der Waals surface area contributed by atoms with E-state index in [1.54, 1.807) is 0 Å². The van der Waals surface area contributed by atoms with Crippen molar-refractivity contribution < 1.29 is 9.53 Å². The molecule has 0 bridgehead atoms. The Morgan fingerprint density at radius 3 is 2.54 bits per heavy atom. The molecule has 0 saturated carbocycles. The summed E-state index contributed by atoms with van der Waals surface area (Å²) in [5.41, 5.74) is 1.36. The first kappa shape index (κ1) is 23.2. The molecule has 26 heavy (non-hydrogen) atoms. The van der Waals surface area contributed by atoms with Gasteiger partial charge in [-0.05, 0) is 18.4 Å². The first-order valence-corrected chi connectivity index (χ1v) is 9.06. The fourth-order valence-corrected chi connectivity index (χ4v) is 3.60. The lowest BCUT2D eigenvalue weighted by Crippen LogP contribution is -2.47. The van der Waals surface area contributed by atoms with Crippen LogP contribution in [0.1, 0.15) is 24.8 Å². The number of halogens is 2. The van der Waals surface area contributed by atoms with Crippen LogP contribution >= 0.6 is 24.8 Å². The van der Waals surface area contributed by atoms with Gasteiger partial charge in [-0.25, -0.2) is 0 Å². The van der Waals surface area contributed by atoms with Gasteiger partial charge in [0.05, 0.1) is 19.1 Å². The molecule has 1 amide bonds. The highest BCUT2D eigenvalue weighted by molar-refractivity contribution is 5.85. The van der Waals surface area contributed by atoms with E-state index in [0.717, 1.165) is 45.6 Å². The van der Waals surface area contributed by atoms with Gasteiger partial charge in [-0.1, -0.05) is 30.3 Å². The van der Waals surface area contributed by atoms with Crippen molar-refractivity contribution in [2.24, 2.45) is 0 Å². The fourth-order valence-electron chi connectivity index (χ4n) is 3.60. The highest BCUT2D eigenvalue weighted by Gasteiger charge is 2.27. The Hall–Kier alpha value is -0.850. The molecule has 0 radical (unpaired) electrons. The number of hydrogen-bond donors (Lipinski definition) is 1. The molecule has 1 atom stereocenters. The number of rotatable bonds is 5. The van der Waals surface area contributed by atoms with E-state index in [2.05, 4.69) is 40.5 Å². The first-order chi connectivity index (χ1) is 11.7. The van der Waals surface area contributed by atoms with Crippen LogP contribution in [0.5, 0.6) is 0 Å². The lowest BCUT2D eigenvalue weighted by Gasteiger charge is -2.37. The van der Waals surface area contributed by atoms with E-state index >= 15 is 0 Å². The maximum atomic E-state index is 12.5. The minimum absolute atomic E-state index is 0. The third-order valence-electron chi connectivity index (χ3n) is 5.15. The smallest absolute Gasteiger partial charge is 0.225 e. The van der Waals surface area contributed by atoms with Gasteiger partial charge in [0.2, 0.25) is 5.91 Å². The summed E-state index contributed by atoms with van der Waals surface area (Å²) in [5, 5.41) is 3.29. The molecule has 2 aliphatic heterocycles. The van der Waals surface area contributed by atoms with Crippen LogP contribution in [0, 0.1) is 0 Å². The monoisotopic (exact) mass is 403 g/mol. The number of morpholine rings is 1. The minimum atomic E-state index is 0. The van der Waals surface area contributed by atoms with Crippen LogP contribution in [0.4, 0.5) is 0 Å². The van der Waals surface area contributed by atoms with Crippen LogP contribution < -0.4 is 5.32 Å². The summed E-state index contributed by atoms with van der Waals surface area (Å²) < 4.78 is 5.65. The number of carbonyl (C=O) groups excluding carboxylic acids is 1. The molecule has 2 heterocycles. The molecule has 2 saturated heterocycles. The van der Waals surface area contributed by atoms with Gasteiger partial charge < -0.3 is 15.0 Å². The predicted molar refractivity (Wildman–Crippen MR) is 109 cm³/mol. The molecule has 1 N–H and O–H groups in total. The molecule has 2 fully saturated rings. The maximum absolute atomic E-state index is 12.5. The Morgan fingerprint density at radius 1 is 1.23 bits per heavy atom. The average Bonchev–Trinajstić information content (AvgIpc) is 2.63. The number of hydrogen-bond acceptors (Lipinski definition) is 4. The van der Waals surface area contributed by atoms with Crippen LogP contribution in [-0.2, 0) is 16.1 Å². The number of piperidine rings is 1. The van der Waals surface area contributed by atoms with Gasteiger partial charge in [0.15, 0.2) is 0 Å². The minimum Gasteiger partial charge on any atom is -0.375 e. The lowest BCUT2D eigenvalue weighted by atomic mass is 10.0. The van der Waals surface area contributed by atoms with Gasteiger partial charge in [-0.3, -0.25) is 9.69 Å². The summed E-state index contributed by atoms with van der Waals surface area (Å²) >= 11 is 0. The van der Waals surface area contributed by atoms with Crippen molar-refractivity contribution in [1.29, 1.82) is 0 Å². The van der Waals surface area contributed by atoms with Crippen molar-refractivity contribution in [3.05, 3.63) is 35.9 Å². The van der Waals surface area contributed by atoms with E-state index in [0.29, 0.717) is 19.1 Å². The van der Waals surface area contributed by atoms with Crippen molar-refractivity contribution in [3.8, 4) is 0 Å². The molecular formula is C19H31Cl2N3O2. The molecule has 3 rings (SSSR count). The maximum Gasteiger partial charge on any atom is 0.225 e. The second-order valence-corrected chi connectivity index (χ2v) is 6.90. The molecule has 2 aliphatic rings. The van der Waals surface area contributed by atoms with Crippen LogP contribution in [0.15, 0.2) is 30.3 Å². The number of nitrogens with zero attached hydrogens (tertiary/aromatic N) is 2. The molecule has 5 nitrogen and oxygen atoms in total. The Bertz CT molecular complexity index is 519. The lowest BCUT2D eigenvalue weighted by molar-refractivity contribution is -0.136. The summed E-state index contributed by atoms with van der Waals surface area (Å²) in [6.45, 7) is 5.50. The van der Waals surface area contributed by atoms with E-state index in [1.807, 2.05) is 11.9 Å². The molecule has 0 spiro atoms. The van der Waals surface area contributed by atoms with Crippen LogP contribution in [0.2, 0.25) is 0 Å². The van der Waals surface area contributed by atoms with Crippen LogP contribution in [0.3, 0.4) is 0 Å². The van der Waals surface area contributed by atoms with E-state index in [4.69, 9.17) is 4.74 Å². The van der Waals surface area contributed by atoms with Gasteiger partial charge in [0.25, 0.3) is 0 Å². The highest BCUT2D eigenvalue weighted by Crippen LogP contribution is 2.19. The molecule has 1 aromatic carbocycles. The Balaban J connectivity index is 0.00000169. The summed E-state index contributed by atoms with van der Waals surface area (Å²) in [6.07, 6.45) is 2.64. The van der Waals surface area contributed by atoms with Crippen molar-refractivity contribution in [1.82, 2.24) is 15.1 Å². The fraction of sp³-hybridized carbons (Fsp3) is 0.632. The zero-order chi connectivity index (χ0) is 16.8. The summed E-state index contributed by atoms with van der Waals surface area (Å²) in [4.78, 5) is 16.9. The second kappa shape index (κ2) is 11.8. The average molecular weight is 404 g/mol. The number of ether oxygens (including phenoxy) is 1. The van der Waals surface area contributed by atoms with Gasteiger partial charge in [0.1, 0.15) is 0 Å². The number of benzene rings is 1. The predicted octanol–water partition coefficient (Wildman–Crippen LogP) is 2.33. The van der Waals surface area contributed by atoms with Crippen molar-refractivity contribution in [2.75, 3.05) is 39.8 Å². The normalized spacial score (nSPS) is 21.3. The topological polar surface area (TPSA) is 44.8 Å². The molecule has 7 heteroatoms. The van der Waals surface area contributed by atoms with Crippen LogP contribution in [-0.4, -0.2) is 67.7 Å². The van der Waals surface area contributed by atoms with Gasteiger partial charge in [-0.15, -0.1) is 24.8 Å². The number of nitrogens with one attached hydrogen (secondary N) is 1. The Kier molecular flexibility index (Phi) is 10.5. The van der Waals surface area contributed by atoms with Gasteiger partial charge in [-0.2, -0.15) is 0 Å². The van der Waals surface area contributed by atoms with E-state index < -0.39 is 0 Å². The molecule has 1 aromatic rings. The quantitative estimate of drug-likeness (QED) is 0.819. The summed E-state index contributed by atoms with van der Waals surface area (Å²) in [7, 11) is 1.95. The van der Waals surface area contributed by atoms with Gasteiger partial charge in [0, 0.05) is 45.8 Å². The SMILES string of the molecule is CN(C(=O)CC1CNCCO1)C1CCN(Cc2ccccc2)CC1.Cl.Cl. The van der Waals surface area contributed by atoms with Gasteiger partial charge >= 0.3 is 0 Å². The van der Waals surface area contributed by atoms with E-state index in [1.165, 1.54) is 5.56 Å². The van der Waals surface area contributed by atoms with E-state index in [9.17, 15) is 4.79 Å².